The molecule has 1 aliphatic rings. The molecule has 0 saturated carbocycles. The standard InChI is InChI=1S/C13H16ClN3OS/c1-13(3-5-18-6-4-13)8-15-10-9-2-7-19-11(9)17-12(14)16-10/h2,7H,3-6,8H2,1H3,(H,15,16,17). The molecule has 19 heavy (non-hydrogen) atoms. The minimum absolute atomic E-state index is 0.262. The molecule has 1 fully saturated rings. The van der Waals surface area contributed by atoms with Crippen LogP contribution < -0.4 is 5.32 Å². The highest BCUT2D eigenvalue weighted by Crippen LogP contribution is 2.32. The summed E-state index contributed by atoms with van der Waals surface area (Å²) in [5.74, 6) is 0.837. The second-order valence-corrected chi connectivity index (χ2v) is 6.49. The third-order valence-electron chi connectivity index (χ3n) is 3.68. The molecule has 0 radical (unpaired) electrons. The number of aromatic nitrogens is 2. The third kappa shape index (κ3) is 2.83. The Kier molecular flexibility index (Phi) is 3.60. The van der Waals surface area contributed by atoms with Crippen LogP contribution >= 0.6 is 22.9 Å². The fourth-order valence-corrected chi connectivity index (χ4v) is 3.29. The van der Waals surface area contributed by atoms with Crippen molar-refractivity contribution in [2.24, 2.45) is 5.41 Å². The normalized spacial score (nSPS) is 18.6. The molecule has 3 rings (SSSR count). The number of ether oxygens (including phenoxy) is 1. The predicted octanol–water partition coefficient (Wildman–Crippen LogP) is 3.57. The van der Waals surface area contributed by atoms with Gasteiger partial charge in [-0.3, -0.25) is 0 Å². The number of anilines is 1. The van der Waals surface area contributed by atoms with Crippen molar-refractivity contribution >= 4 is 39.0 Å². The van der Waals surface area contributed by atoms with Crippen molar-refractivity contribution in [3.8, 4) is 0 Å². The molecule has 0 aliphatic carbocycles. The third-order valence-corrected chi connectivity index (χ3v) is 4.66. The van der Waals surface area contributed by atoms with Gasteiger partial charge in [-0.25, -0.2) is 9.97 Å². The van der Waals surface area contributed by atoms with E-state index in [1.54, 1.807) is 11.3 Å². The molecule has 6 heteroatoms. The highest BCUT2D eigenvalue weighted by Gasteiger charge is 2.27. The lowest BCUT2D eigenvalue weighted by Crippen LogP contribution is -2.33. The molecule has 1 N–H and O–H groups in total. The van der Waals surface area contributed by atoms with Crippen molar-refractivity contribution in [1.82, 2.24) is 9.97 Å². The second kappa shape index (κ2) is 5.23. The van der Waals surface area contributed by atoms with Gasteiger partial charge in [-0.05, 0) is 41.3 Å². The van der Waals surface area contributed by atoms with Crippen molar-refractivity contribution in [3.05, 3.63) is 16.7 Å². The molecule has 102 valence electrons. The average molecular weight is 298 g/mol. The van der Waals surface area contributed by atoms with Crippen LogP contribution in [-0.4, -0.2) is 29.7 Å². The zero-order chi connectivity index (χ0) is 13.3. The number of hydrogen-bond acceptors (Lipinski definition) is 5. The SMILES string of the molecule is CC1(CNc2nc(Cl)nc3sccc23)CCOCC1. The fraction of sp³-hybridized carbons (Fsp3) is 0.538. The maximum atomic E-state index is 5.96. The van der Waals surface area contributed by atoms with Crippen LogP contribution in [0.2, 0.25) is 5.28 Å². The van der Waals surface area contributed by atoms with E-state index in [1.165, 1.54) is 0 Å². The minimum Gasteiger partial charge on any atom is -0.381 e. The molecule has 2 aromatic heterocycles. The minimum atomic E-state index is 0.262. The van der Waals surface area contributed by atoms with Gasteiger partial charge in [0, 0.05) is 19.8 Å². The number of nitrogens with zero attached hydrogens (tertiary/aromatic N) is 2. The lowest BCUT2D eigenvalue weighted by Gasteiger charge is -2.33. The Hall–Kier alpha value is -0.910. The largest absolute Gasteiger partial charge is 0.381 e. The molecule has 1 saturated heterocycles. The first-order valence-electron chi connectivity index (χ1n) is 6.39. The van der Waals surface area contributed by atoms with Crippen molar-refractivity contribution < 1.29 is 4.74 Å². The van der Waals surface area contributed by atoms with Gasteiger partial charge in [0.15, 0.2) is 0 Å². The number of halogens is 1. The highest BCUT2D eigenvalue weighted by atomic mass is 35.5. The number of nitrogens with one attached hydrogen (secondary N) is 1. The number of hydrogen-bond donors (Lipinski definition) is 1. The molecule has 3 heterocycles. The molecule has 0 unspecified atom stereocenters. The van der Waals surface area contributed by atoms with Crippen LogP contribution in [0.25, 0.3) is 10.2 Å². The molecular weight excluding hydrogens is 282 g/mol. The van der Waals surface area contributed by atoms with Crippen LogP contribution in [0.1, 0.15) is 19.8 Å². The van der Waals surface area contributed by atoms with Crippen molar-refractivity contribution in [1.29, 1.82) is 0 Å². The van der Waals surface area contributed by atoms with Crippen LogP contribution in [0.3, 0.4) is 0 Å². The monoisotopic (exact) mass is 297 g/mol. The van der Waals surface area contributed by atoms with Gasteiger partial charge < -0.3 is 10.1 Å². The lowest BCUT2D eigenvalue weighted by atomic mass is 9.82. The first kappa shape index (κ1) is 13.1. The summed E-state index contributed by atoms with van der Waals surface area (Å²) < 4.78 is 5.42. The van der Waals surface area contributed by atoms with Crippen LogP contribution in [0, 0.1) is 5.41 Å². The van der Waals surface area contributed by atoms with E-state index in [4.69, 9.17) is 16.3 Å². The fourth-order valence-electron chi connectivity index (χ4n) is 2.30. The molecule has 0 atom stereocenters. The first-order chi connectivity index (χ1) is 9.16. The Bertz CT molecular complexity index is 580. The van der Waals surface area contributed by atoms with Crippen LogP contribution in [0.4, 0.5) is 5.82 Å². The first-order valence-corrected chi connectivity index (χ1v) is 7.64. The summed E-state index contributed by atoms with van der Waals surface area (Å²) in [6.45, 7) is 4.86. The summed E-state index contributed by atoms with van der Waals surface area (Å²) >= 11 is 7.54. The maximum absolute atomic E-state index is 5.96. The van der Waals surface area contributed by atoms with E-state index in [0.717, 1.165) is 48.6 Å². The Morgan fingerprint density at radius 2 is 2.21 bits per heavy atom. The highest BCUT2D eigenvalue weighted by molar-refractivity contribution is 7.16. The van der Waals surface area contributed by atoms with Gasteiger partial charge >= 0.3 is 0 Å². The summed E-state index contributed by atoms with van der Waals surface area (Å²) in [5.41, 5.74) is 0.262. The zero-order valence-corrected chi connectivity index (χ0v) is 12.4. The zero-order valence-electron chi connectivity index (χ0n) is 10.8. The smallest absolute Gasteiger partial charge is 0.225 e. The molecule has 0 spiro atoms. The summed E-state index contributed by atoms with van der Waals surface area (Å²) in [6, 6.07) is 2.03. The Morgan fingerprint density at radius 3 is 3.00 bits per heavy atom. The van der Waals surface area contributed by atoms with E-state index < -0.39 is 0 Å². The summed E-state index contributed by atoms with van der Waals surface area (Å²) in [6.07, 6.45) is 2.15. The lowest BCUT2D eigenvalue weighted by molar-refractivity contribution is 0.0300. The van der Waals surface area contributed by atoms with E-state index in [9.17, 15) is 0 Å². The van der Waals surface area contributed by atoms with Gasteiger partial charge in [-0.15, -0.1) is 11.3 Å². The molecule has 0 aromatic carbocycles. The van der Waals surface area contributed by atoms with E-state index in [0.29, 0.717) is 5.28 Å². The maximum Gasteiger partial charge on any atom is 0.225 e. The molecule has 4 nitrogen and oxygen atoms in total. The van der Waals surface area contributed by atoms with Crippen molar-refractivity contribution in [2.75, 3.05) is 25.1 Å². The van der Waals surface area contributed by atoms with Crippen molar-refractivity contribution in [2.45, 2.75) is 19.8 Å². The topological polar surface area (TPSA) is 47.0 Å². The van der Waals surface area contributed by atoms with Crippen molar-refractivity contribution in [3.63, 3.8) is 0 Å². The summed E-state index contributed by atoms with van der Waals surface area (Å²) in [5, 5.41) is 6.80. The molecule has 0 bridgehead atoms. The Balaban J connectivity index is 1.79. The van der Waals surface area contributed by atoms with E-state index in [-0.39, 0.29) is 5.41 Å². The Morgan fingerprint density at radius 1 is 1.42 bits per heavy atom. The molecule has 0 amide bonds. The molecule has 1 aliphatic heterocycles. The van der Waals surface area contributed by atoms with Gasteiger partial charge in [0.1, 0.15) is 10.6 Å². The van der Waals surface area contributed by atoms with Gasteiger partial charge in [0.25, 0.3) is 0 Å². The van der Waals surface area contributed by atoms with E-state index >= 15 is 0 Å². The van der Waals surface area contributed by atoms with Crippen LogP contribution in [-0.2, 0) is 4.74 Å². The van der Waals surface area contributed by atoms with E-state index in [2.05, 4.69) is 22.2 Å². The van der Waals surface area contributed by atoms with E-state index in [1.807, 2.05) is 11.4 Å². The number of rotatable bonds is 3. The summed E-state index contributed by atoms with van der Waals surface area (Å²) in [4.78, 5) is 9.46. The number of thiophene rings is 1. The van der Waals surface area contributed by atoms with Gasteiger partial charge in [-0.1, -0.05) is 6.92 Å². The number of fused-ring (bicyclic) bond motifs is 1. The average Bonchev–Trinajstić information content (AvgIpc) is 2.85. The van der Waals surface area contributed by atoms with Gasteiger partial charge in [-0.2, -0.15) is 0 Å². The van der Waals surface area contributed by atoms with Gasteiger partial charge in [0.2, 0.25) is 5.28 Å². The molecular formula is C13H16ClN3OS. The second-order valence-electron chi connectivity index (χ2n) is 5.26. The van der Waals surface area contributed by atoms with Crippen LogP contribution in [0.15, 0.2) is 11.4 Å². The van der Waals surface area contributed by atoms with Gasteiger partial charge in [0.05, 0.1) is 5.39 Å². The summed E-state index contributed by atoms with van der Waals surface area (Å²) in [7, 11) is 0. The Labute approximate surface area is 121 Å². The quantitative estimate of drug-likeness (QED) is 0.880. The van der Waals surface area contributed by atoms with Crippen LogP contribution in [0.5, 0.6) is 0 Å². The molecule has 2 aromatic rings. The predicted molar refractivity (Wildman–Crippen MR) is 79.1 cm³/mol.